The van der Waals surface area contributed by atoms with Crippen LogP contribution in [-0.4, -0.2) is 27.1 Å². The van der Waals surface area contributed by atoms with E-state index in [4.69, 9.17) is 14.2 Å². The highest BCUT2D eigenvalue weighted by atomic mass is 16.5. The van der Waals surface area contributed by atoms with E-state index in [9.17, 15) is 4.79 Å². The van der Waals surface area contributed by atoms with Crippen molar-refractivity contribution in [3.63, 3.8) is 0 Å². The largest absolute Gasteiger partial charge is 0.497 e. The van der Waals surface area contributed by atoms with Gasteiger partial charge in [-0.3, -0.25) is 4.79 Å². The van der Waals surface area contributed by atoms with Gasteiger partial charge in [-0.2, -0.15) is 0 Å². The van der Waals surface area contributed by atoms with Crippen molar-refractivity contribution in [2.24, 2.45) is 0 Å². The minimum absolute atomic E-state index is 0.131. The van der Waals surface area contributed by atoms with E-state index in [2.05, 4.69) is 0 Å². The van der Waals surface area contributed by atoms with Gasteiger partial charge in [0.2, 0.25) is 0 Å². The maximum Gasteiger partial charge on any atom is 0.189 e. The summed E-state index contributed by atoms with van der Waals surface area (Å²) in [6.07, 6.45) is 6.94. The Morgan fingerprint density at radius 2 is 1.50 bits per heavy atom. The minimum Gasteiger partial charge on any atom is -0.497 e. The summed E-state index contributed by atoms with van der Waals surface area (Å²) in [4.78, 5) is 12.3. The van der Waals surface area contributed by atoms with Crippen molar-refractivity contribution in [1.82, 2.24) is 0 Å². The van der Waals surface area contributed by atoms with Crippen molar-refractivity contribution in [1.29, 1.82) is 0 Å². The van der Waals surface area contributed by atoms with Crippen molar-refractivity contribution in [3.05, 3.63) is 71.8 Å². The van der Waals surface area contributed by atoms with Crippen molar-refractivity contribution in [2.75, 3.05) is 21.3 Å². The van der Waals surface area contributed by atoms with Crippen LogP contribution in [0.3, 0.4) is 0 Å². The zero-order valence-corrected chi connectivity index (χ0v) is 14.0. The fourth-order valence-electron chi connectivity index (χ4n) is 2.12. The smallest absolute Gasteiger partial charge is 0.189 e. The van der Waals surface area contributed by atoms with Crippen molar-refractivity contribution >= 4 is 11.9 Å². The summed E-state index contributed by atoms with van der Waals surface area (Å²) in [6, 6.07) is 12.8. The van der Waals surface area contributed by atoms with Gasteiger partial charge >= 0.3 is 0 Å². The van der Waals surface area contributed by atoms with Crippen molar-refractivity contribution in [3.8, 4) is 17.2 Å². The van der Waals surface area contributed by atoms with Gasteiger partial charge in [0.05, 0.1) is 26.9 Å². The molecule has 124 valence electrons. The predicted molar refractivity (Wildman–Crippen MR) is 95.0 cm³/mol. The van der Waals surface area contributed by atoms with Gasteiger partial charge in [-0.15, -0.1) is 0 Å². The standard InChI is InChI=1S/C20H20O4/c1-22-16-10-8-15(9-11-16)6-4-5-7-19(21)18-13-12-17(23-2)14-20(18)24-3/h4-14H,1-3H3/b6-4+,7-5+. The summed E-state index contributed by atoms with van der Waals surface area (Å²) in [5, 5.41) is 0. The van der Waals surface area contributed by atoms with E-state index in [0.717, 1.165) is 11.3 Å². The van der Waals surface area contributed by atoms with Crippen LogP contribution in [0.15, 0.2) is 60.7 Å². The second kappa shape index (κ2) is 8.58. The lowest BCUT2D eigenvalue weighted by Crippen LogP contribution is -1.99. The number of methoxy groups -OCH3 is 3. The van der Waals surface area contributed by atoms with Gasteiger partial charge in [-0.05, 0) is 35.9 Å². The van der Waals surface area contributed by atoms with Gasteiger partial charge < -0.3 is 14.2 Å². The molecule has 0 N–H and O–H groups in total. The third-order valence-electron chi connectivity index (χ3n) is 3.44. The molecule has 0 radical (unpaired) electrons. The topological polar surface area (TPSA) is 44.8 Å². The second-order valence-electron chi connectivity index (χ2n) is 4.92. The zero-order chi connectivity index (χ0) is 17.4. The normalized spacial score (nSPS) is 11.0. The molecule has 2 aromatic carbocycles. The first-order chi connectivity index (χ1) is 11.7. The first-order valence-corrected chi connectivity index (χ1v) is 7.43. The van der Waals surface area contributed by atoms with Gasteiger partial charge in [0, 0.05) is 6.07 Å². The second-order valence-corrected chi connectivity index (χ2v) is 4.92. The Morgan fingerprint density at radius 1 is 0.833 bits per heavy atom. The average Bonchev–Trinajstić information content (AvgIpc) is 2.64. The minimum atomic E-state index is -0.131. The molecule has 0 aliphatic carbocycles. The van der Waals surface area contributed by atoms with E-state index in [0.29, 0.717) is 17.1 Å². The highest BCUT2D eigenvalue weighted by Gasteiger charge is 2.10. The lowest BCUT2D eigenvalue weighted by atomic mass is 10.1. The number of ether oxygens (including phenoxy) is 3. The number of benzene rings is 2. The summed E-state index contributed by atoms with van der Waals surface area (Å²) in [7, 11) is 4.73. The molecule has 0 saturated carbocycles. The number of hydrogen-bond donors (Lipinski definition) is 0. The maximum atomic E-state index is 12.3. The summed E-state index contributed by atoms with van der Waals surface area (Å²) in [5.41, 5.74) is 1.52. The third-order valence-corrected chi connectivity index (χ3v) is 3.44. The fourth-order valence-corrected chi connectivity index (χ4v) is 2.12. The molecule has 4 nitrogen and oxygen atoms in total. The molecule has 2 rings (SSSR count). The van der Waals surface area contributed by atoms with Crippen LogP contribution < -0.4 is 14.2 Å². The van der Waals surface area contributed by atoms with E-state index in [1.165, 1.54) is 13.2 Å². The van der Waals surface area contributed by atoms with E-state index in [-0.39, 0.29) is 5.78 Å². The molecule has 0 saturated heterocycles. The van der Waals surface area contributed by atoms with Crippen LogP contribution in [0.1, 0.15) is 15.9 Å². The molecule has 0 unspecified atom stereocenters. The highest BCUT2D eigenvalue weighted by Crippen LogP contribution is 2.25. The molecule has 0 aliphatic rings. The van der Waals surface area contributed by atoms with Gasteiger partial charge in [0.15, 0.2) is 5.78 Å². The highest BCUT2D eigenvalue weighted by molar-refractivity contribution is 6.06. The summed E-state index contributed by atoms with van der Waals surface area (Å²) in [6.45, 7) is 0. The molecule has 0 atom stereocenters. The summed E-state index contributed by atoms with van der Waals surface area (Å²) < 4.78 is 15.5. The molecule has 2 aromatic rings. The van der Waals surface area contributed by atoms with Gasteiger partial charge in [-0.1, -0.05) is 30.4 Å². The first kappa shape index (κ1) is 17.3. The van der Waals surface area contributed by atoms with Crippen molar-refractivity contribution in [2.45, 2.75) is 0 Å². The third kappa shape index (κ3) is 4.49. The lowest BCUT2D eigenvalue weighted by Gasteiger charge is -2.07. The predicted octanol–water partition coefficient (Wildman–Crippen LogP) is 4.16. The Bertz CT molecular complexity index is 743. The molecule has 0 bridgehead atoms. The molecule has 0 heterocycles. The van der Waals surface area contributed by atoms with Crippen LogP contribution in [-0.2, 0) is 0 Å². The maximum absolute atomic E-state index is 12.3. The fraction of sp³-hybridized carbons (Fsp3) is 0.150. The number of allylic oxidation sites excluding steroid dienone is 3. The molecule has 0 spiro atoms. The van der Waals surface area contributed by atoms with E-state index < -0.39 is 0 Å². The Labute approximate surface area is 142 Å². The van der Waals surface area contributed by atoms with E-state index >= 15 is 0 Å². The monoisotopic (exact) mass is 324 g/mol. The molecule has 4 heteroatoms. The Hall–Kier alpha value is -3.01. The Morgan fingerprint density at radius 3 is 2.12 bits per heavy atom. The quantitative estimate of drug-likeness (QED) is 0.436. The van der Waals surface area contributed by atoms with Gasteiger partial charge in [-0.25, -0.2) is 0 Å². The summed E-state index contributed by atoms with van der Waals surface area (Å²) >= 11 is 0. The van der Waals surface area contributed by atoms with Crippen LogP contribution in [0, 0.1) is 0 Å². The van der Waals surface area contributed by atoms with Crippen LogP contribution in [0.4, 0.5) is 0 Å². The Balaban J connectivity index is 2.05. The van der Waals surface area contributed by atoms with E-state index in [1.807, 2.05) is 36.4 Å². The lowest BCUT2D eigenvalue weighted by molar-refractivity contribution is 0.104. The molecule has 0 amide bonds. The van der Waals surface area contributed by atoms with Crippen LogP contribution in [0.25, 0.3) is 6.08 Å². The van der Waals surface area contributed by atoms with E-state index in [1.54, 1.807) is 38.5 Å². The molecular formula is C20H20O4. The van der Waals surface area contributed by atoms with Gasteiger partial charge in [0.25, 0.3) is 0 Å². The summed E-state index contributed by atoms with van der Waals surface area (Å²) in [5.74, 6) is 1.81. The molecular weight excluding hydrogens is 304 g/mol. The number of rotatable bonds is 7. The average molecular weight is 324 g/mol. The van der Waals surface area contributed by atoms with Gasteiger partial charge in [0.1, 0.15) is 17.2 Å². The molecule has 24 heavy (non-hydrogen) atoms. The first-order valence-electron chi connectivity index (χ1n) is 7.43. The molecule has 0 fully saturated rings. The number of ketones is 1. The Kier molecular flexibility index (Phi) is 6.20. The molecule has 0 aromatic heterocycles. The molecule has 0 aliphatic heterocycles. The van der Waals surface area contributed by atoms with Crippen LogP contribution in [0.2, 0.25) is 0 Å². The SMILES string of the molecule is COc1ccc(/C=C/C=C/C(=O)c2ccc(OC)cc2OC)cc1. The van der Waals surface area contributed by atoms with Crippen LogP contribution in [0.5, 0.6) is 17.2 Å². The number of carbonyl (C=O) groups is 1. The zero-order valence-electron chi connectivity index (χ0n) is 14.0. The number of hydrogen-bond acceptors (Lipinski definition) is 4. The van der Waals surface area contributed by atoms with Crippen molar-refractivity contribution < 1.29 is 19.0 Å². The number of carbonyl (C=O) groups excluding carboxylic acids is 1. The van der Waals surface area contributed by atoms with Crippen LogP contribution >= 0.6 is 0 Å².